The van der Waals surface area contributed by atoms with Gasteiger partial charge in [0.1, 0.15) is 0 Å². The summed E-state index contributed by atoms with van der Waals surface area (Å²) in [7, 11) is -8.26. The molecule has 0 saturated heterocycles. The standard InChI is InChI=1S/C15H21NO6S2/c1-11-15(2,3)13-10-12(24(20,21)22)6-7-14(13)16(11)8-4-5-9-23(17,18)19/h6-7,10H,1,4-5,8-9H2,2-3H3,(H,17,18,19)(H,20,21,22). The summed E-state index contributed by atoms with van der Waals surface area (Å²) < 4.78 is 62.2. The topological polar surface area (TPSA) is 112 Å². The van der Waals surface area contributed by atoms with Crippen molar-refractivity contribution < 1.29 is 25.9 Å². The molecule has 134 valence electrons. The first kappa shape index (κ1) is 18.9. The Balaban J connectivity index is 2.27. The summed E-state index contributed by atoms with van der Waals surface area (Å²) >= 11 is 0. The average molecular weight is 375 g/mol. The van der Waals surface area contributed by atoms with Gasteiger partial charge in [-0.3, -0.25) is 9.11 Å². The summed E-state index contributed by atoms with van der Waals surface area (Å²) in [6, 6.07) is 4.38. The van der Waals surface area contributed by atoms with Gasteiger partial charge in [0.15, 0.2) is 0 Å². The third-order valence-electron chi connectivity index (χ3n) is 4.31. The summed E-state index contributed by atoms with van der Waals surface area (Å²) in [5, 5.41) is 0. The maximum absolute atomic E-state index is 11.4. The number of fused-ring (bicyclic) bond motifs is 1. The van der Waals surface area contributed by atoms with Crippen LogP contribution in [-0.4, -0.2) is 38.2 Å². The molecule has 24 heavy (non-hydrogen) atoms. The van der Waals surface area contributed by atoms with Crippen LogP contribution < -0.4 is 4.90 Å². The van der Waals surface area contributed by atoms with E-state index in [-0.39, 0.29) is 10.6 Å². The smallest absolute Gasteiger partial charge is 0.294 e. The summed E-state index contributed by atoms with van der Waals surface area (Å²) in [5.74, 6) is -0.300. The molecule has 1 heterocycles. The highest BCUT2D eigenvalue weighted by molar-refractivity contribution is 7.86. The molecule has 0 radical (unpaired) electrons. The maximum Gasteiger partial charge on any atom is 0.294 e. The van der Waals surface area contributed by atoms with E-state index < -0.39 is 25.7 Å². The number of hydrogen-bond acceptors (Lipinski definition) is 5. The minimum atomic E-state index is -4.29. The second-order valence-corrected chi connectivity index (χ2v) is 9.36. The number of unbranched alkanes of at least 4 members (excludes halogenated alkanes) is 1. The third kappa shape index (κ3) is 3.80. The molecule has 2 N–H and O–H groups in total. The van der Waals surface area contributed by atoms with Crippen molar-refractivity contribution in [3.8, 4) is 0 Å². The number of hydrogen-bond donors (Lipinski definition) is 2. The zero-order chi connectivity index (χ0) is 18.3. The van der Waals surface area contributed by atoms with Gasteiger partial charge in [0.05, 0.1) is 10.6 Å². The molecule has 1 aromatic carbocycles. The fourth-order valence-electron chi connectivity index (χ4n) is 2.86. The molecule has 0 bridgehead atoms. The van der Waals surface area contributed by atoms with E-state index in [0.29, 0.717) is 19.4 Å². The van der Waals surface area contributed by atoms with Crippen LogP contribution in [0.25, 0.3) is 0 Å². The van der Waals surface area contributed by atoms with Crippen LogP contribution in [0.2, 0.25) is 0 Å². The fraction of sp³-hybridized carbons (Fsp3) is 0.467. The Hall–Kier alpha value is -1.42. The van der Waals surface area contributed by atoms with Crippen LogP contribution >= 0.6 is 0 Å². The Bertz CT molecular complexity index is 871. The number of benzene rings is 1. The highest BCUT2D eigenvalue weighted by Crippen LogP contribution is 2.47. The van der Waals surface area contributed by atoms with Crippen LogP contribution in [0.3, 0.4) is 0 Å². The van der Waals surface area contributed by atoms with Crippen molar-refractivity contribution in [2.24, 2.45) is 0 Å². The van der Waals surface area contributed by atoms with Crippen molar-refractivity contribution >= 4 is 25.9 Å². The van der Waals surface area contributed by atoms with Crippen molar-refractivity contribution in [3.63, 3.8) is 0 Å². The quantitative estimate of drug-likeness (QED) is 0.579. The van der Waals surface area contributed by atoms with Gasteiger partial charge in [-0.05, 0) is 36.6 Å². The van der Waals surface area contributed by atoms with Gasteiger partial charge in [0.2, 0.25) is 0 Å². The van der Waals surface area contributed by atoms with Gasteiger partial charge in [-0.25, -0.2) is 0 Å². The van der Waals surface area contributed by atoms with E-state index in [1.807, 2.05) is 18.7 Å². The molecule has 0 amide bonds. The SMILES string of the molecule is C=C1N(CCCCS(=O)(=O)O)c2ccc(S(=O)(=O)O)cc2C1(C)C. The molecule has 9 heteroatoms. The lowest BCUT2D eigenvalue weighted by Gasteiger charge is -2.25. The van der Waals surface area contributed by atoms with Crippen LogP contribution in [-0.2, 0) is 25.7 Å². The Kier molecular flexibility index (Phi) is 4.84. The van der Waals surface area contributed by atoms with Crippen LogP contribution in [0.15, 0.2) is 35.4 Å². The Morgan fingerprint density at radius 3 is 2.29 bits per heavy atom. The molecule has 7 nitrogen and oxygen atoms in total. The average Bonchev–Trinajstić information content (AvgIpc) is 2.61. The predicted molar refractivity (Wildman–Crippen MR) is 91.4 cm³/mol. The van der Waals surface area contributed by atoms with E-state index in [0.717, 1.165) is 16.9 Å². The number of allylic oxidation sites excluding steroid dienone is 1. The molecule has 0 saturated carbocycles. The second-order valence-electron chi connectivity index (χ2n) is 6.37. The zero-order valence-electron chi connectivity index (χ0n) is 13.6. The van der Waals surface area contributed by atoms with Crippen LogP contribution in [0.4, 0.5) is 5.69 Å². The van der Waals surface area contributed by atoms with Crippen molar-refractivity contribution in [1.29, 1.82) is 0 Å². The summed E-state index contributed by atoms with van der Waals surface area (Å²) in [5.41, 5.74) is 1.76. The Morgan fingerprint density at radius 2 is 1.75 bits per heavy atom. The molecule has 0 spiro atoms. The normalized spacial score (nSPS) is 17.2. The number of anilines is 1. The van der Waals surface area contributed by atoms with E-state index in [1.165, 1.54) is 12.1 Å². The number of nitrogens with zero attached hydrogens (tertiary/aromatic N) is 1. The fourth-order valence-corrected chi connectivity index (χ4v) is 3.94. The van der Waals surface area contributed by atoms with Crippen molar-refractivity contribution in [1.82, 2.24) is 0 Å². The lowest BCUT2D eigenvalue weighted by molar-refractivity contribution is 0.478. The van der Waals surface area contributed by atoms with Crippen molar-refractivity contribution in [3.05, 3.63) is 36.0 Å². The summed E-state index contributed by atoms with van der Waals surface area (Å²) in [4.78, 5) is 1.74. The highest BCUT2D eigenvalue weighted by Gasteiger charge is 2.39. The molecule has 0 unspecified atom stereocenters. The summed E-state index contributed by atoms with van der Waals surface area (Å²) in [6.07, 6.45) is 0.829. The van der Waals surface area contributed by atoms with E-state index in [1.54, 1.807) is 6.07 Å². The van der Waals surface area contributed by atoms with Crippen LogP contribution in [0, 0.1) is 0 Å². The molecule has 0 aliphatic carbocycles. The van der Waals surface area contributed by atoms with E-state index in [2.05, 4.69) is 6.58 Å². The minimum absolute atomic E-state index is 0.171. The molecular weight excluding hydrogens is 354 g/mol. The van der Waals surface area contributed by atoms with Gasteiger partial charge in [-0.15, -0.1) is 0 Å². The molecule has 0 aromatic heterocycles. The van der Waals surface area contributed by atoms with Gasteiger partial charge in [-0.1, -0.05) is 20.4 Å². The maximum atomic E-state index is 11.4. The molecule has 0 fully saturated rings. The van der Waals surface area contributed by atoms with Gasteiger partial charge in [0, 0.05) is 23.3 Å². The molecular formula is C15H21NO6S2. The van der Waals surface area contributed by atoms with Gasteiger partial charge in [-0.2, -0.15) is 16.8 Å². The van der Waals surface area contributed by atoms with Gasteiger partial charge >= 0.3 is 0 Å². The zero-order valence-corrected chi connectivity index (χ0v) is 15.2. The predicted octanol–water partition coefficient (Wildman–Crippen LogP) is 2.21. The monoisotopic (exact) mass is 375 g/mol. The second kappa shape index (κ2) is 6.14. The molecule has 2 rings (SSSR count). The summed E-state index contributed by atoms with van der Waals surface area (Å²) in [6.45, 7) is 8.37. The van der Waals surface area contributed by atoms with E-state index in [9.17, 15) is 21.4 Å². The largest absolute Gasteiger partial charge is 0.345 e. The Labute approximate surface area is 142 Å². The van der Waals surface area contributed by atoms with Gasteiger partial charge in [0.25, 0.3) is 20.2 Å². The van der Waals surface area contributed by atoms with Crippen molar-refractivity contribution in [2.75, 3.05) is 17.2 Å². The van der Waals surface area contributed by atoms with E-state index >= 15 is 0 Å². The molecule has 1 aliphatic heterocycles. The molecule has 1 aromatic rings. The van der Waals surface area contributed by atoms with Gasteiger partial charge < -0.3 is 4.90 Å². The minimum Gasteiger partial charge on any atom is -0.345 e. The van der Waals surface area contributed by atoms with Crippen LogP contribution in [0.5, 0.6) is 0 Å². The molecule has 1 aliphatic rings. The Morgan fingerprint density at radius 1 is 1.12 bits per heavy atom. The first-order valence-electron chi connectivity index (χ1n) is 7.38. The first-order chi connectivity index (χ1) is 10.8. The third-order valence-corrected chi connectivity index (χ3v) is 5.97. The molecule has 0 atom stereocenters. The lowest BCUT2D eigenvalue weighted by Crippen LogP contribution is -2.26. The lowest BCUT2D eigenvalue weighted by atomic mass is 9.84. The van der Waals surface area contributed by atoms with Crippen molar-refractivity contribution in [2.45, 2.75) is 37.0 Å². The number of rotatable bonds is 6. The highest BCUT2D eigenvalue weighted by atomic mass is 32.2. The first-order valence-corrected chi connectivity index (χ1v) is 10.4. The van der Waals surface area contributed by atoms with E-state index in [4.69, 9.17) is 4.55 Å². The van der Waals surface area contributed by atoms with Crippen LogP contribution in [0.1, 0.15) is 32.3 Å².